The number of halogens is 1. The molecule has 0 fully saturated rings. The highest BCUT2D eigenvalue weighted by molar-refractivity contribution is 9.09. The molecule has 4 nitrogen and oxygen atoms in total. The third-order valence-electron chi connectivity index (χ3n) is 2.15. The van der Waals surface area contributed by atoms with Crippen molar-refractivity contribution < 1.29 is 20.1 Å². The Morgan fingerprint density at radius 3 is 2.62 bits per heavy atom. The van der Waals surface area contributed by atoms with E-state index < -0.39 is 12.2 Å². The lowest BCUT2D eigenvalue weighted by molar-refractivity contribution is 0.0341. The summed E-state index contributed by atoms with van der Waals surface area (Å²) in [7, 11) is 0. The Morgan fingerprint density at radius 1 is 1.38 bits per heavy atom. The Bertz CT molecular complexity index is 343. The Hall–Kier alpha value is -0.780. The fourth-order valence-corrected chi connectivity index (χ4v) is 1.65. The second-order valence-corrected chi connectivity index (χ2v) is 3.97. The van der Waals surface area contributed by atoms with Gasteiger partial charge in [-0.25, -0.2) is 0 Å². The summed E-state index contributed by atoms with van der Waals surface area (Å²) in [6, 6.07) is 4.51. The van der Waals surface area contributed by atoms with E-state index in [1.165, 1.54) is 12.1 Å². The number of phenolic OH excluding ortho intramolecular Hbond substituents is 1. The number of aliphatic hydroxyl groups is 2. The average Bonchev–Trinajstić information content (AvgIpc) is 2.30. The smallest absolute Gasteiger partial charge is 0.161 e. The number of ether oxygens (including phenoxy) is 1. The highest BCUT2D eigenvalue weighted by atomic mass is 79.9. The maximum absolute atomic E-state index is 9.76. The molecule has 0 aliphatic rings. The van der Waals surface area contributed by atoms with Crippen molar-refractivity contribution in [2.75, 3.05) is 11.9 Å². The molecule has 16 heavy (non-hydrogen) atoms. The molecular formula is C11H15BrO4. The summed E-state index contributed by atoms with van der Waals surface area (Å²) in [5.74, 6) is 0.326. The van der Waals surface area contributed by atoms with Crippen LogP contribution >= 0.6 is 15.9 Å². The third kappa shape index (κ3) is 3.10. The molecular weight excluding hydrogens is 276 g/mol. The number of alkyl halides is 1. The van der Waals surface area contributed by atoms with E-state index in [2.05, 4.69) is 15.9 Å². The van der Waals surface area contributed by atoms with E-state index in [4.69, 9.17) is 4.74 Å². The van der Waals surface area contributed by atoms with Gasteiger partial charge in [0.15, 0.2) is 11.5 Å². The van der Waals surface area contributed by atoms with E-state index in [1.54, 1.807) is 13.0 Å². The van der Waals surface area contributed by atoms with E-state index in [9.17, 15) is 15.3 Å². The minimum Gasteiger partial charge on any atom is -0.504 e. The number of hydrogen-bond donors (Lipinski definition) is 3. The van der Waals surface area contributed by atoms with Crippen molar-refractivity contribution >= 4 is 15.9 Å². The molecule has 0 aliphatic heterocycles. The predicted octanol–water partition coefficient (Wildman–Crippen LogP) is 1.58. The van der Waals surface area contributed by atoms with E-state index in [-0.39, 0.29) is 11.1 Å². The number of phenols is 1. The maximum Gasteiger partial charge on any atom is 0.161 e. The second-order valence-electron chi connectivity index (χ2n) is 3.33. The molecule has 0 saturated heterocycles. The Kier molecular flexibility index (Phi) is 5.05. The maximum atomic E-state index is 9.76. The standard InChI is InChI=1S/C11H15BrO4/c1-2-16-10-5-7(3-4-8(10)13)11(15)9(14)6-12/h3-5,9,11,13-15H,2,6H2,1H3. The first-order valence-corrected chi connectivity index (χ1v) is 6.10. The van der Waals surface area contributed by atoms with Gasteiger partial charge in [0.2, 0.25) is 0 Å². The van der Waals surface area contributed by atoms with E-state index in [0.29, 0.717) is 17.9 Å². The van der Waals surface area contributed by atoms with E-state index in [1.807, 2.05) is 0 Å². The Balaban J connectivity index is 2.93. The summed E-state index contributed by atoms with van der Waals surface area (Å²) in [5.41, 5.74) is 0.508. The zero-order valence-electron chi connectivity index (χ0n) is 8.93. The SMILES string of the molecule is CCOc1cc(C(O)C(O)CBr)ccc1O. The minimum absolute atomic E-state index is 0.0196. The first-order chi connectivity index (χ1) is 7.60. The molecule has 0 amide bonds. The molecule has 0 heterocycles. The number of aliphatic hydroxyl groups excluding tert-OH is 2. The number of benzene rings is 1. The Labute approximate surface area is 103 Å². The van der Waals surface area contributed by atoms with Crippen LogP contribution in [0.2, 0.25) is 0 Å². The zero-order chi connectivity index (χ0) is 12.1. The van der Waals surface area contributed by atoms with Crippen LogP contribution in [0, 0.1) is 0 Å². The van der Waals surface area contributed by atoms with Crippen molar-refractivity contribution in [2.45, 2.75) is 19.1 Å². The minimum atomic E-state index is -1.00. The molecule has 0 aliphatic carbocycles. The van der Waals surface area contributed by atoms with Crippen LogP contribution in [0.1, 0.15) is 18.6 Å². The lowest BCUT2D eigenvalue weighted by Crippen LogP contribution is -2.19. The van der Waals surface area contributed by atoms with Crippen LogP contribution in [0.25, 0.3) is 0 Å². The molecule has 5 heteroatoms. The van der Waals surface area contributed by atoms with Crippen LogP contribution in [0.3, 0.4) is 0 Å². The zero-order valence-corrected chi connectivity index (χ0v) is 10.5. The molecule has 0 saturated carbocycles. The van der Waals surface area contributed by atoms with Crippen LogP contribution in [-0.2, 0) is 0 Å². The van der Waals surface area contributed by atoms with Crippen molar-refractivity contribution in [3.05, 3.63) is 23.8 Å². The summed E-state index contributed by atoms with van der Waals surface area (Å²) >= 11 is 3.09. The molecule has 0 radical (unpaired) electrons. The number of aromatic hydroxyl groups is 1. The highest BCUT2D eigenvalue weighted by Crippen LogP contribution is 2.30. The largest absolute Gasteiger partial charge is 0.504 e. The van der Waals surface area contributed by atoms with Gasteiger partial charge >= 0.3 is 0 Å². The van der Waals surface area contributed by atoms with Crippen molar-refractivity contribution in [3.8, 4) is 11.5 Å². The monoisotopic (exact) mass is 290 g/mol. The van der Waals surface area contributed by atoms with Gasteiger partial charge in [-0.15, -0.1) is 0 Å². The van der Waals surface area contributed by atoms with Crippen LogP contribution in [0.4, 0.5) is 0 Å². The molecule has 0 bridgehead atoms. The number of hydrogen-bond acceptors (Lipinski definition) is 4. The third-order valence-corrected chi connectivity index (χ3v) is 2.81. The predicted molar refractivity (Wildman–Crippen MR) is 64.0 cm³/mol. The summed E-state index contributed by atoms with van der Waals surface area (Å²) in [5, 5.41) is 29.0. The fourth-order valence-electron chi connectivity index (χ4n) is 1.29. The van der Waals surface area contributed by atoms with Gasteiger partial charge in [-0.2, -0.15) is 0 Å². The van der Waals surface area contributed by atoms with Gasteiger partial charge in [0, 0.05) is 5.33 Å². The summed E-state index contributed by atoms with van der Waals surface area (Å²) in [4.78, 5) is 0. The summed E-state index contributed by atoms with van der Waals surface area (Å²) in [6.07, 6.45) is -1.89. The molecule has 2 unspecified atom stereocenters. The lowest BCUT2D eigenvalue weighted by atomic mass is 10.0. The molecule has 1 rings (SSSR count). The van der Waals surface area contributed by atoms with Gasteiger partial charge in [-0.1, -0.05) is 22.0 Å². The summed E-state index contributed by atoms with van der Waals surface area (Å²) < 4.78 is 5.19. The normalized spacial score (nSPS) is 14.5. The first-order valence-electron chi connectivity index (χ1n) is 4.98. The van der Waals surface area contributed by atoms with Gasteiger partial charge in [0.25, 0.3) is 0 Å². The quantitative estimate of drug-likeness (QED) is 0.720. The molecule has 2 atom stereocenters. The molecule has 0 spiro atoms. The van der Waals surface area contributed by atoms with Crippen molar-refractivity contribution in [2.24, 2.45) is 0 Å². The molecule has 1 aromatic carbocycles. The molecule has 90 valence electrons. The van der Waals surface area contributed by atoms with Gasteiger partial charge in [-0.3, -0.25) is 0 Å². The molecule has 1 aromatic rings. The van der Waals surface area contributed by atoms with E-state index >= 15 is 0 Å². The van der Waals surface area contributed by atoms with Crippen LogP contribution in [0.5, 0.6) is 11.5 Å². The van der Waals surface area contributed by atoms with Gasteiger partial charge in [0.05, 0.1) is 12.7 Å². The van der Waals surface area contributed by atoms with Gasteiger partial charge in [0.1, 0.15) is 6.10 Å². The van der Waals surface area contributed by atoms with Gasteiger partial charge < -0.3 is 20.1 Å². The fraction of sp³-hybridized carbons (Fsp3) is 0.455. The van der Waals surface area contributed by atoms with Crippen LogP contribution in [0.15, 0.2) is 18.2 Å². The van der Waals surface area contributed by atoms with Crippen LogP contribution in [-0.4, -0.2) is 33.4 Å². The summed E-state index contributed by atoms with van der Waals surface area (Å²) in [6.45, 7) is 2.23. The highest BCUT2D eigenvalue weighted by Gasteiger charge is 2.18. The van der Waals surface area contributed by atoms with Crippen molar-refractivity contribution in [1.29, 1.82) is 0 Å². The van der Waals surface area contributed by atoms with Crippen molar-refractivity contribution in [3.63, 3.8) is 0 Å². The molecule has 3 N–H and O–H groups in total. The average molecular weight is 291 g/mol. The first kappa shape index (κ1) is 13.3. The van der Waals surface area contributed by atoms with Crippen LogP contribution < -0.4 is 4.74 Å². The van der Waals surface area contributed by atoms with E-state index in [0.717, 1.165) is 0 Å². The lowest BCUT2D eigenvalue weighted by Gasteiger charge is -2.17. The second kappa shape index (κ2) is 6.08. The number of rotatable bonds is 5. The Morgan fingerprint density at radius 2 is 2.06 bits per heavy atom. The van der Waals surface area contributed by atoms with Gasteiger partial charge in [-0.05, 0) is 24.6 Å². The molecule has 0 aromatic heterocycles. The topological polar surface area (TPSA) is 69.9 Å². The van der Waals surface area contributed by atoms with Crippen molar-refractivity contribution in [1.82, 2.24) is 0 Å².